The van der Waals surface area contributed by atoms with E-state index in [9.17, 15) is 13.6 Å². The van der Waals surface area contributed by atoms with Gasteiger partial charge in [-0.05, 0) is 37.6 Å². The third-order valence-corrected chi connectivity index (χ3v) is 2.68. The largest absolute Gasteiger partial charge is 0.349 e. The van der Waals surface area contributed by atoms with E-state index in [2.05, 4.69) is 5.32 Å². The molecular formula is C13H18F2N2O. The predicted molar refractivity (Wildman–Crippen MR) is 65.8 cm³/mol. The molecule has 3 nitrogen and oxygen atoms in total. The number of hydrogen-bond donors (Lipinski definition) is 2. The zero-order chi connectivity index (χ0) is 13.5. The van der Waals surface area contributed by atoms with Crippen molar-refractivity contribution in [2.75, 3.05) is 6.54 Å². The fraction of sp³-hybridized carbons (Fsp3) is 0.462. The normalized spacial score (nSPS) is 12.2. The van der Waals surface area contributed by atoms with Gasteiger partial charge in [0.15, 0.2) is 0 Å². The highest BCUT2D eigenvalue weighted by molar-refractivity contribution is 5.76. The molecule has 1 atom stereocenters. The zero-order valence-corrected chi connectivity index (χ0v) is 10.4. The van der Waals surface area contributed by atoms with E-state index >= 15 is 0 Å². The third kappa shape index (κ3) is 4.07. The van der Waals surface area contributed by atoms with Crippen LogP contribution in [0.1, 0.15) is 37.8 Å². The van der Waals surface area contributed by atoms with E-state index in [-0.39, 0.29) is 11.5 Å². The van der Waals surface area contributed by atoms with E-state index in [4.69, 9.17) is 5.73 Å². The second kappa shape index (κ2) is 7.06. The van der Waals surface area contributed by atoms with Crippen molar-refractivity contribution < 1.29 is 13.6 Å². The fourth-order valence-electron chi connectivity index (χ4n) is 1.71. The molecule has 1 unspecified atom stereocenters. The van der Waals surface area contributed by atoms with E-state index in [1.165, 1.54) is 0 Å². The Hall–Kier alpha value is -1.49. The van der Waals surface area contributed by atoms with Crippen LogP contribution in [0.2, 0.25) is 0 Å². The van der Waals surface area contributed by atoms with Crippen molar-refractivity contribution in [3.63, 3.8) is 0 Å². The molecule has 0 aliphatic heterocycles. The molecular weight excluding hydrogens is 238 g/mol. The van der Waals surface area contributed by atoms with E-state index in [1.54, 1.807) is 6.92 Å². The molecule has 5 heteroatoms. The van der Waals surface area contributed by atoms with Crippen LogP contribution < -0.4 is 11.1 Å². The van der Waals surface area contributed by atoms with Crippen LogP contribution in [0.5, 0.6) is 0 Å². The highest BCUT2D eigenvalue weighted by Gasteiger charge is 2.16. The van der Waals surface area contributed by atoms with Crippen molar-refractivity contribution in [2.24, 2.45) is 5.73 Å². The number of benzene rings is 1. The van der Waals surface area contributed by atoms with Gasteiger partial charge in [-0.25, -0.2) is 8.78 Å². The summed E-state index contributed by atoms with van der Waals surface area (Å²) in [5.41, 5.74) is 5.48. The third-order valence-electron chi connectivity index (χ3n) is 2.68. The molecule has 18 heavy (non-hydrogen) atoms. The van der Waals surface area contributed by atoms with Crippen molar-refractivity contribution >= 4 is 5.91 Å². The minimum absolute atomic E-state index is 0.179. The highest BCUT2D eigenvalue weighted by atomic mass is 19.1. The molecule has 1 aromatic rings. The molecule has 3 N–H and O–H groups in total. The topological polar surface area (TPSA) is 55.1 Å². The number of rotatable bonds is 6. The molecule has 1 amide bonds. The molecule has 0 spiro atoms. The smallest absolute Gasteiger partial charge is 0.220 e. The standard InChI is InChI=1S/C13H18F2N2O/c1-2-12(17-13(18)4-3-7-16)10-8-9(14)5-6-11(10)15/h5-6,8,12H,2-4,7,16H2,1H3,(H,17,18). The lowest BCUT2D eigenvalue weighted by Crippen LogP contribution is -2.29. The van der Waals surface area contributed by atoms with Crippen LogP contribution >= 0.6 is 0 Å². The van der Waals surface area contributed by atoms with Gasteiger partial charge in [0, 0.05) is 12.0 Å². The van der Waals surface area contributed by atoms with Crippen molar-refractivity contribution in [3.8, 4) is 0 Å². The Labute approximate surface area is 105 Å². The molecule has 0 fully saturated rings. The van der Waals surface area contributed by atoms with Crippen LogP contribution in [0.25, 0.3) is 0 Å². The average Bonchev–Trinajstić information content (AvgIpc) is 2.36. The summed E-state index contributed by atoms with van der Waals surface area (Å²) < 4.78 is 26.7. The van der Waals surface area contributed by atoms with Gasteiger partial charge in [-0.3, -0.25) is 4.79 Å². The van der Waals surface area contributed by atoms with Gasteiger partial charge in [-0.15, -0.1) is 0 Å². The molecule has 0 aliphatic rings. The van der Waals surface area contributed by atoms with Gasteiger partial charge < -0.3 is 11.1 Å². The molecule has 0 saturated carbocycles. The number of carbonyl (C=O) groups is 1. The fourth-order valence-corrected chi connectivity index (χ4v) is 1.71. The Morgan fingerprint density at radius 2 is 2.17 bits per heavy atom. The quantitative estimate of drug-likeness (QED) is 0.820. The van der Waals surface area contributed by atoms with E-state index in [1.807, 2.05) is 0 Å². The van der Waals surface area contributed by atoms with Gasteiger partial charge >= 0.3 is 0 Å². The van der Waals surface area contributed by atoms with E-state index in [0.717, 1.165) is 18.2 Å². The van der Waals surface area contributed by atoms with Crippen molar-refractivity contribution in [2.45, 2.75) is 32.2 Å². The molecule has 0 saturated heterocycles. The Kier molecular flexibility index (Phi) is 5.71. The number of nitrogens with one attached hydrogen (secondary N) is 1. The van der Waals surface area contributed by atoms with Crippen LogP contribution in [0.15, 0.2) is 18.2 Å². The van der Waals surface area contributed by atoms with Gasteiger partial charge in [-0.1, -0.05) is 6.92 Å². The molecule has 0 radical (unpaired) electrons. The SMILES string of the molecule is CCC(NC(=O)CCCN)c1cc(F)ccc1F. The lowest BCUT2D eigenvalue weighted by molar-refractivity contribution is -0.121. The first-order valence-corrected chi connectivity index (χ1v) is 6.02. The van der Waals surface area contributed by atoms with Gasteiger partial charge in [0.25, 0.3) is 0 Å². The lowest BCUT2D eigenvalue weighted by atomic mass is 10.0. The second-order valence-corrected chi connectivity index (χ2v) is 4.09. The summed E-state index contributed by atoms with van der Waals surface area (Å²) in [6.07, 6.45) is 1.37. The zero-order valence-electron chi connectivity index (χ0n) is 10.4. The summed E-state index contributed by atoms with van der Waals surface area (Å²) in [5.74, 6) is -1.22. The Morgan fingerprint density at radius 3 is 2.78 bits per heavy atom. The summed E-state index contributed by atoms with van der Waals surface area (Å²) in [6.45, 7) is 2.23. The number of amides is 1. The molecule has 1 rings (SSSR count). The molecule has 0 heterocycles. The summed E-state index contributed by atoms with van der Waals surface area (Å²) in [7, 11) is 0. The van der Waals surface area contributed by atoms with Crippen molar-refractivity contribution in [3.05, 3.63) is 35.4 Å². The second-order valence-electron chi connectivity index (χ2n) is 4.09. The maximum absolute atomic E-state index is 13.6. The predicted octanol–water partition coefficient (Wildman–Crippen LogP) is 2.27. The average molecular weight is 256 g/mol. The Bertz CT molecular complexity index is 410. The molecule has 1 aromatic carbocycles. The summed E-state index contributed by atoms with van der Waals surface area (Å²) in [4.78, 5) is 11.6. The minimum Gasteiger partial charge on any atom is -0.349 e. The Balaban J connectivity index is 2.76. The molecule has 0 aliphatic carbocycles. The number of carbonyl (C=O) groups excluding carboxylic acids is 1. The number of halogens is 2. The molecule has 100 valence electrons. The van der Waals surface area contributed by atoms with Crippen molar-refractivity contribution in [1.82, 2.24) is 5.32 Å². The van der Waals surface area contributed by atoms with Crippen LogP contribution in [0.4, 0.5) is 8.78 Å². The maximum atomic E-state index is 13.6. The first-order valence-electron chi connectivity index (χ1n) is 6.02. The van der Waals surface area contributed by atoms with Gasteiger partial charge in [0.2, 0.25) is 5.91 Å². The van der Waals surface area contributed by atoms with Gasteiger partial charge in [0.05, 0.1) is 6.04 Å². The van der Waals surface area contributed by atoms with Crippen LogP contribution in [0, 0.1) is 11.6 Å². The van der Waals surface area contributed by atoms with Crippen LogP contribution in [-0.4, -0.2) is 12.5 Å². The first-order chi connectivity index (χ1) is 8.58. The monoisotopic (exact) mass is 256 g/mol. The maximum Gasteiger partial charge on any atom is 0.220 e. The van der Waals surface area contributed by atoms with Gasteiger partial charge in [0.1, 0.15) is 11.6 Å². The van der Waals surface area contributed by atoms with Crippen LogP contribution in [0.3, 0.4) is 0 Å². The van der Waals surface area contributed by atoms with E-state index in [0.29, 0.717) is 25.8 Å². The number of hydrogen-bond acceptors (Lipinski definition) is 2. The summed E-state index contributed by atoms with van der Waals surface area (Å²) in [6, 6.07) is 2.74. The number of nitrogens with two attached hydrogens (primary N) is 1. The highest BCUT2D eigenvalue weighted by Crippen LogP contribution is 2.21. The molecule has 0 aromatic heterocycles. The molecule has 0 bridgehead atoms. The van der Waals surface area contributed by atoms with E-state index < -0.39 is 17.7 Å². The minimum atomic E-state index is -0.513. The van der Waals surface area contributed by atoms with Crippen LogP contribution in [-0.2, 0) is 4.79 Å². The first kappa shape index (κ1) is 14.6. The lowest BCUT2D eigenvalue weighted by Gasteiger charge is -2.18. The summed E-state index contributed by atoms with van der Waals surface area (Å²) in [5, 5.41) is 2.68. The summed E-state index contributed by atoms with van der Waals surface area (Å²) >= 11 is 0. The van der Waals surface area contributed by atoms with Gasteiger partial charge in [-0.2, -0.15) is 0 Å². The van der Waals surface area contributed by atoms with Crippen molar-refractivity contribution in [1.29, 1.82) is 0 Å². The Morgan fingerprint density at radius 1 is 1.44 bits per heavy atom.